The van der Waals surface area contributed by atoms with Gasteiger partial charge in [-0.2, -0.15) is 0 Å². The number of hydrazine groups is 1. The molecule has 6 N–H and O–H groups in total. The van der Waals surface area contributed by atoms with Crippen molar-refractivity contribution in [3.63, 3.8) is 0 Å². The highest BCUT2D eigenvalue weighted by Crippen LogP contribution is 2.34. The minimum atomic E-state index is -0.318. The van der Waals surface area contributed by atoms with E-state index >= 15 is 0 Å². The maximum atomic E-state index is 12.7. The molecular weight excluding hydrogens is 298 g/mol. The summed E-state index contributed by atoms with van der Waals surface area (Å²) < 4.78 is 5.08. The van der Waals surface area contributed by atoms with Gasteiger partial charge in [-0.05, 0) is 13.8 Å². The quantitative estimate of drug-likeness (QED) is 0.311. The second-order valence-corrected chi connectivity index (χ2v) is 5.10. The molecule has 8 heteroatoms. The number of pyridine rings is 1. The van der Waals surface area contributed by atoms with Crippen molar-refractivity contribution in [1.82, 2.24) is 4.98 Å². The Hall–Kier alpha value is -2.16. The molecule has 0 aromatic carbocycles. The number of hydrogen-bond acceptors (Lipinski definition) is 7. The van der Waals surface area contributed by atoms with Crippen LogP contribution in [-0.2, 0) is 9.53 Å². The van der Waals surface area contributed by atoms with Gasteiger partial charge in [-0.1, -0.05) is 6.58 Å². The first-order valence-corrected chi connectivity index (χ1v) is 7.21. The van der Waals surface area contributed by atoms with Crippen molar-refractivity contribution < 1.29 is 14.6 Å². The molecule has 128 valence electrons. The van der Waals surface area contributed by atoms with Gasteiger partial charge in [0.05, 0.1) is 23.7 Å². The smallest absolute Gasteiger partial charge is 0.253 e. The zero-order valence-electron chi connectivity index (χ0n) is 13.8. The van der Waals surface area contributed by atoms with Crippen LogP contribution in [0.5, 0.6) is 0 Å². The number of ether oxygens (including phenoxy) is 1. The number of hydrogen-bond donors (Lipinski definition) is 4. The number of aliphatic hydroxyl groups excluding tert-OH is 1. The molecular formula is C15H25N5O3. The number of methoxy groups -OCH3 is 1. The molecule has 0 aliphatic carbocycles. The molecule has 0 spiro atoms. The molecule has 23 heavy (non-hydrogen) atoms. The summed E-state index contributed by atoms with van der Waals surface area (Å²) in [5, 5.41) is 9.03. The first kappa shape index (κ1) is 18.9. The maximum Gasteiger partial charge on any atom is 0.253 e. The van der Waals surface area contributed by atoms with E-state index in [1.165, 1.54) is 4.90 Å². The Morgan fingerprint density at radius 2 is 2.13 bits per heavy atom. The summed E-state index contributed by atoms with van der Waals surface area (Å²) in [6, 6.07) is 0. The van der Waals surface area contributed by atoms with Crippen LogP contribution in [0.1, 0.15) is 17.7 Å². The van der Waals surface area contributed by atoms with E-state index in [0.29, 0.717) is 47.2 Å². The number of aryl methyl sites for hydroxylation is 1. The normalized spacial score (nSPS) is 10.5. The summed E-state index contributed by atoms with van der Waals surface area (Å²) in [7, 11) is 1.55. The van der Waals surface area contributed by atoms with Gasteiger partial charge in [-0.15, -0.1) is 0 Å². The fraction of sp³-hybridized carbons (Fsp3) is 0.467. The van der Waals surface area contributed by atoms with Gasteiger partial charge in [-0.25, -0.2) is 4.98 Å². The zero-order valence-corrected chi connectivity index (χ0v) is 13.8. The highest BCUT2D eigenvalue weighted by molar-refractivity contribution is 6.07. The number of rotatable bonds is 8. The highest BCUT2D eigenvalue weighted by atomic mass is 16.5. The van der Waals surface area contributed by atoms with E-state index in [1.807, 2.05) is 0 Å². The highest BCUT2D eigenvalue weighted by Gasteiger charge is 2.25. The summed E-state index contributed by atoms with van der Waals surface area (Å²) in [5.74, 6) is 5.65. The first-order chi connectivity index (χ1) is 10.9. The summed E-state index contributed by atoms with van der Waals surface area (Å²) in [4.78, 5) is 18.4. The lowest BCUT2D eigenvalue weighted by molar-refractivity contribution is -0.115. The molecule has 0 bridgehead atoms. The van der Waals surface area contributed by atoms with E-state index in [0.717, 1.165) is 0 Å². The van der Waals surface area contributed by atoms with Crippen LogP contribution in [0.4, 0.5) is 17.2 Å². The number of carbonyl (C=O) groups is 1. The number of nitrogens with two attached hydrogens (primary N) is 2. The molecule has 0 radical (unpaired) electrons. The van der Waals surface area contributed by atoms with Crippen LogP contribution in [-0.4, -0.2) is 42.9 Å². The lowest BCUT2D eigenvalue weighted by Gasteiger charge is -2.28. The predicted molar refractivity (Wildman–Crippen MR) is 91.0 cm³/mol. The van der Waals surface area contributed by atoms with Gasteiger partial charge in [0.2, 0.25) is 0 Å². The van der Waals surface area contributed by atoms with Crippen molar-refractivity contribution in [1.29, 1.82) is 0 Å². The fourth-order valence-corrected chi connectivity index (χ4v) is 2.24. The number of nitrogens with one attached hydrogen (secondary N) is 1. The number of aliphatic hydroxyl groups is 1. The third-order valence-corrected chi connectivity index (χ3v) is 3.52. The molecule has 1 amide bonds. The van der Waals surface area contributed by atoms with E-state index < -0.39 is 0 Å². The average Bonchev–Trinajstić information content (AvgIpc) is 2.52. The van der Waals surface area contributed by atoms with Crippen LogP contribution < -0.4 is 21.9 Å². The summed E-state index contributed by atoms with van der Waals surface area (Å²) >= 11 is 0. The lowest BCUT2D eigenvalue weighted by Crippen LogP contribution is -2.37. The Morgan fingerprint density at radius 3 is 2.65 bits per heavy atom. The van der Waals surface area contributed by atoms with Crippen molar-refractivity contribution >= 4 is 23.1 Å². The van der Waals surface area contributed by atoms with Gasteiger partial charge in [0.15, 0.2) is 0 Å². The van der Waals surface area contributed by atoms with E-state index in [4.69, 9.17) is 21.4 Å². The third-order valence-electron chi connectivity index (χ3n) is 3.52. The minimum Gasteiger partial charge on any atom is -0.396 e. The molecule has 1 aromatic heterocycles. The molecule has 0 saturated heterocycles. The third kappa shape index (κ3) is 4.19. The number of carbonyl (C=O) groups excluding carboxylic acids is 1. The van der Waals surface area contributed by atoms with Crippen LogP contribution >= 0.6 is 0 Å². The van der Waals surface area contributed by atoms with E-state index in [-0.39, 0.29) is 18.9 Å². The van der Waals surface area contributed by atoms with Crippen molar-refractivity contribution in [3.05, 3.63) is 23.4 Å². The maximum absolute atomic E-state index is 12.7. The van der Waals surface area contributed by atoms with Crippen LogP contribution in [0.3, 0.4) is 0 Å². The summed E-state index contributed by atoms with van der Waals surface area (Å²) in [6.45, 7) is 7.71. The monoisotopic (exact) mass is 323 g/mol. The molecule has 0 saturated carbocycles. The predicted octanol–water partition coefficient (Wildman–Crippen LogP) is 0.484. The average molecular weight is 323 g/mol. The molecule has 0 atom stereocenters. The number of amides is 1. The lowest BCUT2D eigenvalue weighted by atomic mass is 10.1. The van der Waals surface area contributed by atoms with Gasteiger partial charge >= 0.3 is 0 Å². The number of nitrogen functional groups attached to an aromatic ring is 2. The van der Waals surface area contributed by atoms with Crippen molar-refractivity contribution in [2.45, 2.75) is 20.3 Å². The Bertz CT molecular complexity index is 589. The van der Waals surface area contributed by atoms with Gasteiger partial charge in [0, 0.05) is 37.8 Å². The number of nitrogens with zero attached hydrogens (tertiary/aromatic N) is 2. The van der Waals surface area contributed by atoms with Crippen LogP contribution in [0.2, 0.25) is 0 Å². The van der Waals surface area contributed by atoms with Gasteiger partial charge < -0.3 is 25.9 Å². The molecule has 8 nitrogen and oxygen atoms in total. The molecule has 1 aromatic rings. The number of anilines is 3. The Labute approximate surface area is 136 Å². The van der Waals surface area contributed by atoms with Gasteiger partial charge in [0.25, 0.3) is 5.91 Å². The first-order valence-electron chi connectivity index (χ1n) is 7.21. The Kier molecular flexibility index (Phi) is 6.95. The molecule has 0 fully saturated rings. The fourth-order valence-electron chi connectivity index (χ4n) is 2.24. The van der Waals surface area contributed by atoms with E-state index in [2.05, 4.69) is 17.0 Å². The number of aromatic nitrogens is 1. The van der Waals surface area contributed by atoms with E-state index in [9.17, 15) is 4.79 Å². The molecule has 1 heterocycles. The van der Waals surface area contributed by atoms with E-state index in [1.54, 1.807) is 21.0 Å². The SMILES string of the molecule is C=C(CCO)C(=O)N(CCOC)c1c(C)nc(N)c(C)c1NN. The minimum absolute atomic E-state index is 0.150. The summed E-state index contributed by atoms with van der Waals surface area (Å²) in [5.41, 5.74) is 11.0. The van der Waals surface area contributed by atoms with Crippen LogP contribution in [0.15, 0.2) is 12.2 Å². The second kappa shape index (κ2) is 8.47. The summed E-state index contributed by atoms with van der Waals surface area (Å²) in [6.07, 6.45) is 0.189. The molecule has 0 aliphatic rings. The van der Waals surface area contributed by atoms with Crippen molar-refractivity contribution in [2.24, 2.45) is 5.84 Å². The van der Waals surface area contributed by atoms with Crippen LogP contribution in [0.25, 0.3) is 0 Å². The van der Waals surface area contributed by atoms with Crippen molar-refractivity contribution in [2.75, 3.05) is 42.9 Å². The topological polar surface area (TPSA) is 127 Å². The largest absolute Gasteiger partial charge is 0.396 e. The Balaban J connectivity index is 3.40. The van der Waals surface area contributed by atoms with Gasteiger partial charge in [0.1, 0.15) is 5.82 Å². The van der Waals surface area contributed by atoms with Crippen molar-refractivity contribution in [3.8, 4) is 0 Å². The second-order valence-electron chi connectivity index (χ2n) is 5.10. The Morgan fingerprint density at radius 1 is 1.48 bits per heavy atom. The van der Waals surface area contributed by atoms with Crippen LogP contribution in [0, 0.1) is 13.8 Å². The zero-order chi connectivity index (χ0) is 17.6. The van der Waals surface area contributed by atoms with Gasteiger partial charge in [-0.3, -0.25) is 10.6 Å². The molecule has 0 unspecified atom stereocenters. The molecule has 0 aliphatic heterocycles. The molecule has 1 rings (SSSR count). The standard InChI is InChI=1S/C15H25N5O3/c1-9(5-7-21)15(22)20(6-8-23-4)13-11(3)18-14(16)10(2)12(13)19-17/h21H,1,5-8,17H2,2-4H3,(H3,16,18,19).